The lowest BCUT2D eigenvalue weighted by atomic mass is 10.1. The number of nitrogens with zero attached hydrogens (tertiary/aromatic N) is 6. The number of carbonyl (C=O) groups excluding carboxylic acids is 2. The summed E-state index contributed by atoms with van der Waals surface area (Å²) in [4.78, 5) is 44.4. The van der Waals surface area contributed by atoms with Gasteiger partial charge in [0.25, 0.3) is 5.91 Å². The van der Waals surface area contributed by atoms with Gasteiger partial charge in [-0.1, -0.05) is 11.8 Å². The number of piperidine rings is 1. The van der Waals surface area contributed by atoms with Gasteiger partial charge >= 0.3 is 6.03 Å². The number of hydrogen-bond acceptors (Lipinski definition) is 8. The first-order valence-corrected chi connectivity index (χ1v) is 11.0. The van der Waals surface area contributed by atoms with E-state index in [1.54, 1.807) is 18.8 Å². The van der Waals surface area contributed by atoms with Gasteiger partial charge in [0, 0.05) is 43.8 Å². The van der Waals surface area contributed by atoms with Crippen LogP contribution in [0.15, 0.2) is 16.2 Å². The first kappa shape index (κ1) is 19.9. The summed E-state index contributed by atoms with van der Waals surface area (Å²) in [6, 6.07) is 1.07. The number of rotatable bonds is 4. The number of fused-ring (bicyclic) bond motifs is 1. The van der Waals surface area contributed by atoms with Gasteiger partial charge in [-0.15, -0.1) is 0 Å². The van der Waals surface area contributed by atoms with Crippen LogP contribution in [-0.4, -0.2) is 87.2 Å². The molecule has 3 amide bonds. The Hall–Kier alpha value is -2.36. The zero-order valence-corrected chi connectivity index (χ0v) is 17.9. The molecule has 156 valence electrons. The van der Waals surface area contributed by atoms with E-state index in [-0.39, 0.29) is 5.91 Å². The van der Waals surface area contributed by atoms with Crippen molar-refractivity contribution in [1.29, 1.82) is 0 Å². The number of thioether (sulfide) groups is 1. The standard InChI is InChI=1S/C19H27N7O2S/c1-12-11-13(2)21-17(20-12)29-10-9-26-14-15(24(3)19(28)23-16(14)27)22-18(26)25-7-5-4-6-8-25/h11,14-15H,4-10H2,1-3H3,(H,23,27,28). The number of aromatic nitrogens is 2. The van der Waals surface area contributed by atoms with Crippen LogP contribution in [0.3, 0.4) is 0 Å². The quantitative estimate of drug-likeness (QED) is 0.581. The maximum absolute atomic E-state index is 12.7. The highest BCUT2D eigenvalue weighted by atomic mass is 32.2. The van der Waals surface area contributed by atoms with Crippen molar-refractivity contribution in [1.82, 2.24) is 30.0 Å². The lowest BCUT2D eigenvalue weighted by Gasteiger charge is -2.38. The number of urea groups is 1. The molecule has 9 nitrogen and oxygen atoms in total. The predicted molar refractivity (Wildman–Crippen MR) is 111 cm³/mol. The second-order valence-corrected chi connectivity index (χ2v) is 8.78. The minimum absolute atomic E-state index is 0.276. The van der Waals surface area contributed by atoms with Crippen LogP contribution < -0.4 is 5.32 Å². The molecule has 29 heavy (non-hydrogen) atoms. The molecule has 2 fully saturated rings. The van der Waals surface area contributed by atoms with Gasteiger partial charge in [0.2, 0.25) is 0 Å². The fourth-order valence-electron chi connectivity index (χ4n) is 4.10. The summed E-state index contributed by atoms with van der Waals surface area (Å²) in [7, 11) is 1.69. The summed E-state index contributed by atoms with van der Waals surface area (Å²) in [5, 5.41) is 3.21. The summed E-state index contributed by atoms with van der Waals surface area (Å²) in [5.74, 6) is 1.28. The van der Waals surface area contributed by atoms with Gasteiger partial charge in [-0.2, -0.15) is 0 Å². The van der Waals surface area contributed by atoms with Crippen molar-refractivity contribution in [3.05, 3.63) is 17.5 Å². The molecule has 3 aliphatic rings. The molecule has 0 bridgehead atoms. The maximum Gasteiger partial charge on any atom is 0.325 e. The van der Waals surface area contributed by atoms with Crippen molar-refractivity contribution >= 4 is 29.7 Å². The summed E-state index contributed by atoms with van der Waals surface area (Å²) in [6.45, 7) is 6.42. The Morgan fingerprint density at radius 1 is 1.14 bits per heavy atom. The molecular weight excluding hydrogens is 390 g/mol. The van der Waals surface area contributed by atoms with E-state index in [9.17, 15) is 9.59 Å². The van der Waals surface area contributed by atoms with E-state index in [4.69, 9.17) is 4.99 Å². The van der Waals surface area contributed by atoms with Crippen molar-refractivity contribution in [2.45, 2.75) is 50.5 Å². The number of carbonyl (C=O) groups is 2. The van der Waals surface area contributed by atoms with E-state index < -0.39 is 18.2 Å². The van der Waals surface area contributed by atoms with Gasteiger partial charge in [-0.25, -0.2) is 19.8 Å². The van der Waals surface area contributed by atoms with Gasteiger partial charge in [0.05, 0.1) is 0 Å². The average molecular weight is 418 g/mol. The molecule has 1 N–H and O–H groups in total. The third kappa shape index (κ3) is 4.03. The fourth-order valence-corrected chi connectivity index (χ4v) is 4.99. The van der Waals surface area contributed by atoms with Crippen LogP contribution in [0.1, 0.15) is 30.7 Å². The van der Waals surface area contributed by atoms with Crippen molar-refractivity contribution in [3.63, 3.8) is 0 Å². The number of hydrogen-bond donors (Lipinski definition) is 1. The van der Waals surface area contributed by atoms with Gasteiger partial charge in [0.15, 0.2) is 23.3 Å². The molecule has 2 atom stereocenters. The van der Waals surface area contributed by atoms with Gasteiger partial charge < -0.3 is 14.7 Å². The number of likely N-dealkylation sites (N-methyl/N-ethyl adjacent to an activating group) is 1. The molecule has 0 aliphatic carbocycles. The molecule has 0 radical (unpaired) electrons. The van der Waals surface area contributed by atoms with E-state index in [1.807, 2.05) is 19.9 Å². The normalized spacial score (nSPS) is 24.5. The first-order chi connectivity index (χ1) is 13.9. The predicted octanol–water partition coefficient (Wildman–Crippen LogP) is 1.22. The number of amides is 3. The van der Waals surface area contributed by atoms with Crippen molar-refractivity contribution in [2.75, 3.05) is 32.4 Å². The molecule has 1 aromatic heterocycles. The Balaban J connectivity index is 1.52. The van der Waals surface area contributed by atoms with Crippen LogP contribution in [-0.2, 0) is 4.79 Å². The van der Waals surface area contributed by atoms with Crippen LogP contribution in [0.2, 0.25) is 0 Å². The summed E-state index contributed by atoms with van der Waals surface area (Å²) in [6.07, 6.45) is 2.98. The molecule has 3 aliphatic heterocycles. The molecule has 1 aromatic rings. The topological polar surface area (TPSA) is 94.0 Å². The largest absolute Gasteiger partial charge is 0.343 e. The van der Waals surface area contributed by atoms with E-state index in [0.717, 1.165) is 54.2 Å². The first-order valence-electron chi connectivity index (χ1n) is 10.1. The highest BCUT2D eigenvalue weighted by molar-refractivity contribution is 7.99. The lowest BCUT2D eigenvalue weighted by molar-refractivity contribution is -0.127. The molecule has 0 spiro atoms. The van der Waals surface area contributed by atoms with E-state index in [0.29, 0.717) is 6.54 Å². The van der Waals surface area contributed by atoms with Crippen LogP contribution in [0.25, 0.3) is 0 Å². The van der Waals surface area contributed by atoms with E-state index in [2.05, 4.69) is 25.1 Å². The summed E-state index contributed by atoms with van der Waals surface area (Å²) >= 11 is 1.58. The zero-order valence-electron chi connectivity index (χ0n) is 17.1. The Labute approximate surface area is 174 Å². The molecule has 4 rings (SSSR count). The van der Waals surface area contributed by atoms with Crippen molar-refractivity contribution < 1.29 is 9.59 Å². The van der Waals surface area contributed by atoms with Crippen molar-refractivity contribution in [3.8, 4) is 0 Å². The number of likely N-dealkylation sites (tertiary alicyclic amines) is 1. The summed E-state index contributed by atoms with van der Waals surface area (Å²) < 4.78 is 0. The number of guanidine groups is 1. The molecule has 0 aromatic carbocycles. The van der Waals surface area contributed by atoms with Crippen LogP contribution >= 0.6 is 11.8 Å². The number of aliphatic imine (C=N–C) groups is 1. The molecule has 0 saturated carbocycles. The highest BCUT2D eigenvalue weighted by Crippen LogP contribution is 2.27. The maximum atomic E-state index is 12.7. The van der Waals surface area contributed by atoms with Crippen LogP contribution in [0.5, 0.6) is 0 Å². The van der Waals surface area contributed by atoms with Gasteiger partial charge in [-0.3, -0.25) is 10.1 Å². The Kier molecular flexibility index (Phi) is 5.62. The lowest BCUT2D eigenvalue weighted by Crippen LogP contribution is -2.64. The molecule has 4 heterocycles. The fraction of sp³-hybridized carbons (Fsp3) is 0.632. The molecular formula is C19H27N7O2S. The van der Waals surface area contributed by atoms with Gasteiger partial charge in [0.1, 0.15) is 0 Å². The minimum atomic E-state index is -0.490. The monoisotopic (exact) mass is 417 g/mol. The second-order valence-electron chi connectivity index (χ2n) is 7.72. The second kappa shape index (κ2) is 8.17. The third-order valence-corrected chi connectivity index (χ3v) is 6.33. The Morgan fingerprint density at radius 3 is 2.52 bits per heavy atom. The SMILES string of the molecule is Cc1cc(C)nc(SCCN2C(N3CCCCC3)=NC3C2C(=O)NC(=O)N3C)n1. The van der Waals surface area contributed by atoms with Crippen LogP contribution in [0.4, 0.5) is 4.79 Å². The van der Waals surface area contributed by atoms with Gasteiger partial charge in [-0.05, 0) is 39.2 Å². The highest BCUT2D eigenvalue weighted by Gasteiger charge is 2.49. The minimum Gasteiger partial charge on any atom is -0.343 e. The molecule has 2 unspecified atom stereocenters. The molecule has 10 heteroatoms. The Morgan fingerprint density at radius 2 is 1.83 bits per heavy atom. The van der Waals surface area contributed by atoms with E-state index >= 15 is 0 Å². The van der Waals surface area contributed by atoms with E-state index in [1.165, 1.54) is 11.3 Å². The number of imide groups is 1. The molecule has 2 saturated heterocycles. The third-order valence-electron chi connectivity index (χ3n) is 5.50. The average Bonchev–Trinajstić information content (AvgIpc) is 3.06. The summed E-state index contributed by atoms with van der Waals surface area (Å²) in [5.41, 5.74) is 1.90. The van der Waals surface area contributed by atoms with Crippen LogP contribution in [0, 0.1) is 13.8 Å². The smallest absolute Gasteiger partial charge is 0.325 e. The van der Waals surface area contributed by atoms with Crippen molar-refractivity contribution in [2.24, 2.45) is 4.99 Å². The Bertz CT molecular complexity index is 820. The number of nitrogens with one attached hydrogen (secondary N) is 1. The number of aryl methyl sites for hydroxylation is 2. The zero-order chi connectivity index (χ0) is 20.5.